The topological polar surface area (TPSA) is 46.2 Å². The first kappa shape index (κ1) is 16.4. The molecule has 0 fully saturated rings. The maximum Gasteiger partial charge on any atom is 0.225 e. The van der Waals surface area contributed by atoms with Gasteiger partial charge in [0, 0.05) is 34.4 Å². The van der Waals surface area contributed by atoms with E-state index in [0.29, 0.717) is 11.5 Å². The van der Waals surface area contributed by atoms with Crippen LogP contribution in [-0.4, -0.2) is 15.9 Å². The maximum atomic E-state index is 12.3. The summed E-state index contributed by atoms with van der Waals surface area (Å²) in [6, 6.07) is 23.4. The first-order valence-corrected chi connectivity index (χ1v) is 9.38. The molecule has 0 aliphatic rings. The van der Waals surface area contributed by atoms with Gasteiger partial charge < -0.3 is 5.32 Å². The summed E-state index contributed by atoms with van der Waals surface area (Å²) in [6.07, 6.45) is 0.256. The number of para-hydroxylation sites is 1. The van der Waals surface area contributed by atoms with Crippen LogP contribution in [0.25, 0.3) is 10.8 Å². The Morgan fingerprint density at radius 2 is 1.58 bits per heavy atom. The Balaban J connectivity index is 1.56. The lowest BCUT2D eigenvalue weighted by atomic mass is 10.1. The van der Waals surface area contributed by atoms with Gasteiger partial charge >= 0.3 is 0 Å². The molecule has 3 nitrogen and oxygen atoms in total. The molecule has 0 heterocycles. The summed E-state index contributed by atoms with van der Waals surface area (Å²) in [6.45, 7) is 0. The predicted octanol–water partition coefficient (Wildman–Crippen LogP) is 4.12. The minimum absolute atomic E-state index is 0.104. The van der Waals surface area contributed by atoms with E-state index in [1.54, 1.807) is 0 Å². The normalized spacial score (nSPS) is 12.0. The third-order valence-electron chi connectivity index (χ3n) is 3.81. The molecule has 0 saturated heterocycles. The largest absolute Gasteiger partial charge is 0.326 e. The van der Waals surface area contributed by atoms with Crippen molar-refractivity contribution in [2.45, 2.75) is 12.2 Å². The van der Waals surface area contributed by atoms with Crippen molar-refractivity contribution in [2.75, 3.05) is 11.1 Å². The molecule has 0 spiro atoms. The first-order valence-electron chi connectivity index (χ1n) is 7.89. The quantitative estimate of drug-likeness (QED) is 0.735. The lowest BCUT2D eigenvalue weighted by Crippen LogP contribution is -2.15. The number of benzene rings is 3. The fraction of sp³-hybridized carbons (Fsp3) is 0.150. The van der Waals surface area contributed by atoms with Gasteiger partial charge in [0.1, 0.15) is 0 Å². The van der Waals surface area contributed by atoms with E-state index in [9.17, 15) is 9.00 Å². The summed E-state index contributed by atoms with van der Waals surface area (Å²) in [5.41, 5.74) is 1.83. The predicted molar refractivity (Wildman–Crippen MR) is 100 cm³/mol. The van der Waals surface area contributed by atoms with Crippen molar-refractivity contribution in [3.8, 4) is 0 Å². The average molecular weight is 337 g/mol. The third kappa shape index (κ3) is 4.30. The Kier molecular flexibility index (Phi) is 5.39. The van der Waals surface area contributed by atoms with Crippen LogP contribution in [0.3, 0.4) is 0 Å². The van der Waals surface area contributed by atoms with Crippen LogP contribution in [0.1, 0.15) is 12.0 Å². The fourth-order valence-electron chi connectivity index (χ4n) is 2.62. The Morgan fingerprint density at radius 3 is 2.42 bits per heavy atom. The maximum absolute atomic E-state index is 12.3. The molecule has 3 rings (SSSR count). The molecule has 0 bridgehead atoms. The lowest BCUT2D eigenvalue weighted by Gasteiger charge is -2.07. The lowest BCUT2D eigenvalue weighted by molar-refractivity contribution is -0.115. The molecule has 0 saturated carbocycles. The van der Waals surface area contributed by atoms with E-state index in [1.165, 1.54) is 0 Å². The monoisotopic (exact) mass is 337 g/mol. The number of anilines is 1. The van der Waals surface area contributed by atoms with Crippen molar-refractivity contribution in [1.29, 1.82) is 0 Å². The number of carbonyl (C=O) groups excluding carboxylic acids is 1. The van der Waals surface area contributed by atoms with Crippen LogP contribution in [0.2, 0.25) is 0 Å². The summed E-state index contributed by atoms with van der Waals surface area (Å²) in [7, 11) is -1.07. The standard InChI is InChI=1S/C20H19NO2S/c22-20(21-18-10-2-1-3-11-18)13-14-24(23)15-17-9-6-8-16-7-4-5-12-19(16)17/h1-12H,13-15H2,(H,21,22)/t24-/m1/s1. The van der Waals surface area contributed by atoms with Gasteiger partial charge in [0.05, 0.1) is 0 Å². The molecule has 0 aromatic heterocycles. The highest BCUT2D eigenvalue weighted by Crippen LogP contribution is 2.20. The molecule has 1 N–H and O–H groups in total. The second-order valence-electron chi connectivity index (χ2n) is 5.59. The van der Waals surface area contributed by atoms with Crippen molar-refractivity contribution in [2.24, 2.45) is 0 Å². The van der Waals surface area contributed by atoms with Gasteiger partial charge in [-0.15, -0.1) is 0 Å². The van der Waals surface area contributed by atoms with Crippen molar-refractivity contribution in [3.05, 3.63) is 78.4 Å². The van der Waals surface area contributed by atoms with Gasteiger partial charge in [-0.3, -0.25) is 9.00 Å². The van der Waals surface area contributed by atoms with E-state index in [0.717, 1.165) is 22.0 Å². The molecule has 0 aliphatic heterocycles. The van der Waals surface area contributed by atoms with Crippen molar-refractivity contribution < 1.29 is 9.00 Å². The van der Waals surface area contributed by atoms with E-state index >= 15 is 0 Å². The minimum atomic E-state index is -1.07. The van der Waals surface area contributed by atoms with E-state index in [4.69, 9.17) is 0 Å². The van der Waals surface area contributed by atoms with Gasteiger partial charge in [0.25, 0.3) is 0 Å². The summed E-state index contributed by atoms with van der Waals surface area (Å²) < 4.78 is 12.3. The third-order valence-corrected chi connectivity index (χ3v) is 5.10. The molecule has 1 atom stereocenters. The number of amides is 1. The van der Waals surface area contributed by atoms with Gasteiger partial charge in [0.2, 0.25) is 5.91 Å². The van der Waals surface area contributed by atoms with Gasteiger partial charge in [-0.25, -0.2) is 0 Å². The fourth-order valence-corrected chi connectivity index (χ4v) is 3.77. The second kappa shape index (κ2) is 7.88. The average Bonchev–Trinajstić information content (AvgIpc) is 2.61. The highest BCUT2D eigenvalue weighted by atomic mass is 32.2. The molecule has 122 valence electrons. The zero-order chi connectivity index (χ0) is 16.8. The Hall–Kier alpha value is -2.46. The van der Waals surface area contributed by atoms with Crippen molar-refractivity contribution >= 4 is 33.2 Å². The van der Waals surface area contributed by atoms with Gasteiger partial charge in [0.15, 0.2) is 0 Å². The Bertz CT molecular complexity index is 856. The highest BCUT2D eigenvalue weighted by molar-refractivity contribution is 7.84. The smallest absolute Gasteiger partial charge is 0.225 e. The summed E-state index contributed by atoms with van der Waals surface area (Å²) in [5.74, 6) is 0.731. The van der Waals surface area contributed by atoms with E-state index in [1.807, 2.05) is 60.7 Å². The van der Waals surface area contributed by atoms with Crippen LogP contribution >= 0.6 is 0 Å². The van der Waals surface area contributed by atoms with E-state index in [-0.39, 0.29) is 12.3 Å². The summed E-state index contributed by atoms with van der Waals surface area (Å²) in [5, 5.41) is 5.09. The number of hydrogen-bond acceptors (Lipinski definition) is 2. The van der Waals surface area contributed by atoms with Gasteiger partial charge in [-0.05, 0) is 28.5 Å². The van der Waals surface area contributed by atoms with Crippen LogP contribution in [0, 0.1) is 0 Å². The number of hydrogen-bond donors (Lipinski definition) is 1. The van der Waals surface area contributed by atoms with Crippen molar-refractivity contribution in [3.63, 3.8) is 0 Å². The van der Waals surface area contributed by atoms with E-state index in [2.05, 4.69) is 17.4 Å². The van der Waals surface area contributed by atoms with Gasteiger partial charge in [-0.1, -0.05) is 60.7 Å². The molecule has 3 aromatic rings. The molecule has 3 aromatic carbocycles. The molecular weight excluding hydrogens is 318 g/mol. The van der Waals surface area contributed by atoms with E-state index < -0.39 is 10.8 Å². The second-order valence-corrected chi connectivity index (χ2v) is 7.17. The molecule has 24 heavy (non-hydrogen) atoms. The van der Waals surface area contributed by atoms with Crippen LogP contribution in [-0.2, 0) is 21.3 Å². The Labute approximate surface area is 144 Å². The molecular formula is C20H19NO2S. The molecule has 0 unspecified atom stereocenters. The zero-order valence-electron chi connectivity index (χ0n) is 13.3. The van der Waals surface area contributed by atoms with Crippen LogP contribution in [0.4, 0.5) is 5.69 Å². The summed E-state index contributed by atoms with van der Waals surface area (Å²) >= 11 is 0. The SMILES string of the molecule is O=C(CC[S@@](=O)Cc1cccc2ccccc12)Nc1ccccc1. The number of fused-ring (bicyclic) bond motifs is 1. The van der Waals surface area contributed by atoms with Crippen LogP contribution in [0.15, 0.2) is 72.8 Å². The minimum Gasteiger partial charge on any atom is -0.326 e. The van der Waals surface area contributed by atoms with Crippen LogP contribution in [0.5, 0.6) is 0 Å². The van der Waals surface area contributed by atoms with Gasteiger partial charge in [-0.2, -0.15) is 0 Å². The zero-order valence-corrected chi connectivity index (χ0v) is 14.1. The molecule has 0 aliphatic carbocycles. The molecule has 4 heteroatoms. The van der Waals surface area contributed by atoms with Crippen molar-refractivity contribution in [1.82, 2.24) is 0 Å². The molecule has 0 radical (unpaired) electrons. The highest BCUT2D eigenvalue weighted by Gasteiger charge is 2.09. The Morgan fingerprint density at radius 1 is 0.875 bits per heavy atom. The molecule has 1 amide bonds. The summed E-state index contributed by atoms with van der Waals surface area (Å²) in [4.78, 5) is 11.9. The van der Waals surface area contributed by atoms with Crippen LogP contribution < -0.4 is 5.32 Å². The number of nitrogens with one attached hydrogen (secondary N) is 1. The number of rotatable bonds is 6. The first-order chi connectivity index (χ1) is 11.7. The number of carbonyl (C=O) groups is 1.